The minimum Gasteiger partial charge on any atom is -0.395 e. The van der Waals surface area contributed by atoms with Gasteiger partial charge in [-0.3, -0.25) is 0 Å². The molecule has 1 N–H and O–H groups in total. The maximum atomic E-state index is 12.5. The highest BCUT2D eigenvalue weighted by molar-refractivity contribution is 9.10. The number of alkyl halides is 6. The van der Waals surface area contributed by atoms with Crippen molar-refractivity contribution in [3.8, 4) is 0 Å². The van der Waals surface area contributed by atoms with Crippen LogP contribution in [-0.4, -0.2) is 31.0 Å². The molecule has 0 saturated heterocycles. The Morgan fingerprint density at radius 3 is 2.10 bits per heavy atom. The monoisotopic (exact) mass is 365 g/mol. The lowest BCUT2D eigenvalue weighted by Gasteiger charge is -2.26. The van der Waals surface area contributed by atoms with E-state index in [0.717, 1.165) is 11.0 Å². The second kappa shape index (κ2) is 6.21. The summed E-state index contributed by atoms with van der Waals surface area (Å²) < 4.78 is 74.5. The highest BCUT2D eigenvalue weighted by Crippen LogP contribution is 2.36. The minimum atomic E-state index is -4.58. The number of hydrogen-bond acceptors (Lipinski definition) is 2. The van der Waals surface area contributed by atoms with Gasteiger partial charge in [0.2, 0.25) is 0 Å². The van der Waals surface area contributed by atoms with Gasteiger partial charge in [-0.25, -0.2) is 0 Å². The summed E-state index contributed by atoms with van der Waals surface area (Å²) in [5, 5.41) is 8.77. The molecule has 0 unspecified atom stereocenters. The SMILES string of the molecule is OCCN(CC(F)(F)F)c1ccc(C(F)(F)F)cc1Br. The molecule has 1 aromatic carbocycles. The van der Waals surface area contributed by atoms with Gasteiger partial charge >= 0.3 is 12.4 Å². The lowest BCUT2D eigenvalue weighted by molar-refractivity contribution is -0.137. The maximum absolute atomic E-state index is 12.5. The molecule has 0 amide bonds. The van der Waals surface area contributed by atoms with Crippen molar-refractivity contribution in [1.29, 1.82) is 0 Å². The zero-order valence-electron chi connectivity index (χ0n) is 9.89. The van der Waals surface area contributed by atoms with E-state index >= 15 is 0 Å². The van der Waals surface area contributed by atoms with Crippen LogP contribution in [-0.2, 0) is 6.18 Å². The molecule has 9 heteroatoms. The van der Waals surface area contributed by atoms with Gasteiger partial charge < -0.3 is 10.0 Å². The van der Waals surface area contributed by atoms with Gasteiger partial charge in [-0.15, -0.1) is 0 Å². The van der Waals surface area contributed by atoms with Crippen LogP contribution in [0, 0.1) is 0 Å². The van der Waals surface area contributed by atoms with Gasteiger partial charge in [0.05, 0.1) is 17.9 Å². The fourth-order valence-corrected chi connectivity index (χ4v) is 2.19. The number of aliphatic hydroxyl groups is 1. The highest BCUT2D eigenvalue weighted by Gasteiger charge is 2.33. The van der Waals surface area contributed by atoms with Crippen molar-refractivity contribution < 1.29 is 31.4 Å². The Morgan fingerprint density at radius 1 is 1.10 bits per heavy atom. The predicted octanol–water partition coefficient (Wildman–Crippen LogP) is 3.83. The molecular weight excluding hydrogens is 356 g/mol. The lowest BCUT2D eigenvalue weighted by atomic mass is 10.2. The Kier molecular flexibility index (Phi) is 5.31. The van der Waals surface area contributed by atoms with E-state index in [0.29, 0.717) is 12.1 Å². The average molecular weight is 366 g/mol. The van der Waals surface area contributed by atoms with Crippen LogP contribution in [0.25, 0.3) is 0 Å². The number of aliphatic hydroxyl groups excluding tert-OH is 1. The number of halogens is 7. The Morgan fingerprint density at radius 2 is 1.70 bits per heavy atom. The molecule has 0 atom stereocenters. The second-order valence-electron chi connectivity index (χ2n) is 3.92. The van der Waals surface area contributed by atoms with Crippen molar-refractivity contribution in [2.24, 2.45) is 0 Å². The highest BCUT2D eigenvalue weighted by atomic mass is 79.9. The molecule has 0 aromatic heterocycles. The zero-order valence-corrected chi connectivity index (χ0v) is 11.5. The fourth-order valence-electron chi connectivity index (χ4n) is 1.56. The smallest absolute Gasteiger partial charge is 0.395 e. The molecule has 0 saturated carbocycles. The van der Waals surface area contributed by atoms with Crippen molar-refractivity contribution in [3.63, 3.8) is 0 Å². The predicted molar refractivity (Wildman–Crippen MR) is 64.5 cm³/mol. The fraction of sp³-hybridized carbons (Fsp3) is 0.455. The summed E-state index contributed by atoms with van der Waals surface area (Å²) in [4.78, 5) is 0.754. The Hall–Kier alpha value is -0.960. The van der Waals surface area contributed by atoms with Gasteiger partial charge in [0.25, 0.3) is 0 Å². The van der Waals surface area contributed by atoms with Crippen LogP contribution < -0.4 is 4.90 Å². The van der Waals surface area contributed by atoms with Crippen molar-refractivity contribution >= 4 is 21.6 Å². The van der Waals surface area contributed by atoms with Gasteiger partial charge in [0.1, 0.15) is 6.54 Å². The molecule has 0 spiro atoms. The van der Waals surface area contributed by atoms with Crippen molar-refractivity contribution in [2.45, 2.75) is 12.4 Å². The number of anilines is 1. The van der Waals surface area contributed by atoms with E-state index < -0.39 is 31.1 Å². The van der Waals surface area contributed by atoms with E-state index in [4.69, 9.17) is 5.11 Å². The summed E-state index contributed by atoms with van der Waals surface area (Å²) in [5.74, 6) is 0. The van der Waals surface area contributed by atoms with Gasteiger partial charge in [0, 0.05) is 11.0 Å². The first-order valence-electron chi connectivity index (χ1n) is 5.34. The Bertz CT molecular complexity index is 459. The molecular formula is C11H10BrF6NO. The van der Waals surface area contributed by atoms with Crippen molar-refractivity contribution in [1.82, 2.24) is 0 Å². The van der Waals surface area contributed by atoms with E-state index in [1.807, 2.05) is 0 Å². The quantitative estimate of drug-likeness (QED) is 0.819. The number of rotatable bonds is 4. The zero-order chi connectivity index (χ0) is 15.6. The summed E-state index contributed by atoms with van der Waals surface area (Å²) in [6.07, 6.45) is -9.11. The standard InChI is InChI=1S/C11H10BrF6NO/c12-8-5-7(11(16,17)18)1-2-9(8)19(3-4-20)6-10(13,14)15/h1-2,5,20H,3-4,6H2. The summed E-state index contributed by atoms with van der Waals surface area (Å²) >= 11 is 2.83. The molecule has 1 rings (SSSR count). The van der Waals surface area contributed by atoms with Gasteiger partial charge in [-0.05, 0) is 34.1 Å². The van der Waals surface area contributed by atoms with Crippen LogP contribution in [0.3, 0.4) is 0 Å². The largest absolute Gasteiger partial charge is 0.416 e. The summed E-state index contributed by atoms with van der Waals surface area (Å²) in [6.45, 7) is -2.26. The van der Waals surface area contributed by atoms with Gasteiger partial charge in [0.15, 0.2) is 0 Å². The first-order valence-corrected chi connectivity index (χ1v) is 6.13. The van der Waals surface area contributed by atoms with E-state index in [-0.39, 0.29) is 16.7 Å². The van der Waals surface area contributed by atoms with E-state index in [1.165, 1.54) is 0 Å². The average Bonchev–Trinajstić information content (AvgIpc) is 2.25. The van der Waals surface area contributed by atoms with Crippen LogP contribution in [0.1, 0.15) is 5.56 Å². The third kappa shape index (κ3) is 4.86. The maximum Gasteiger partial charge on any atom is 0.416 e. The van der Waals surface area contributed by atoms with E-state index in [1.54, 1.807) is 0 Å². The number of hydrogen-bond donors (Lipinski definition) is 1. The number of nitrogens with zero attached hydrogens (tertiary/aromatic N) is 1. The normalized spacial score (nSPS) is 12.6. The Balaban J connectivity index is 3.09. The van der Waals surface area contributed by atoms with Gasteiger partial charge in [-0.2, -0.15) is 26.3 Å². The molecule has 0 bridgehead atoms. The molecule has 0 aliphatic rings. The molecule has 1 aromatic rings. The third-order valence-electron chi connectivity index (χ3n) is 2.36. The Labute approximate surface area is 119 Å². The van der Waals surface area contributed by atoms with Crippen molar-refractivity contribution in [2.75, 3.05) is 24.6 Å². The van der Waals surface area contributed by atoms with Gasteiger partial charge in [-0.1, -0.05) is 0 Å². The van der Waals surface area contributed by atoms with E-state index in [2.05, 4.69) is 15.9 Å². The summed E-state index contributed by atoms with van der Waals surface area (Å²) in [7, 11) is 0. The minimum absolute atomic E-state index is 0.0654. The molecule has 0 aliphatic carbocycles. The topological polar surface area (TPSA) is 23.5 Å². The second-order valence-corrected chi connectivity index (χ2v) is 4.78. The molecule has 0 aliphatic heterocycles. The molecule has 0 heterocycles. The van der Waals surface area contributed by atoms with E-state index in [9.17, 15) is 26.3 Å². The molecule has 114 valence electrons. The summed E-state index contributed by atoms with van der Waals surface area (Å²) in [6, 6.07) is 2.34. The van der Waals surface area contributed by atoms with Crippen LogP contribution in [0.2, 0.25) is 0 Å². The molecule has 0 fully saturated rings. The van der Waals surface area contributed by atoms with Crippen LogP contribution in [0.15, 0.2) is 22.7 Å². The first-order chi connectivity index (χ1) is 9.04. The molecule has 20 heavy (non-hydrogen) atoms. The van der Waals surface area contributed by atoms with Crippen LogP contribution in [0.4, 0.5) is 32.0 Å². The lowest BCUT2D eigenvalue weighted by Crippen LogP contribution is -2.36. The third-order valence-corrected chi connectivity index (χ3v) is 2.99. The van der Waals surface area contributed by atoms with Crippen LogP contribution >= 0.6 is 15.9 Å². The molecule has 2 nitrogen and oxygen atoms in total. The first kappa shape index (κ1) is 17.1. The number of benzene rings is 1. The van der Waals surface area contributed by atoms with Crippen LogP contribution in [0.5, 0.6) is 0 Å². The molecule has 0 radical (unpaired) electrons. The summed E-state index contributed by atoms with van der Waals surface area (Å²) in [5.41, 5.74) is -1.03. The van der Waals surface area contributed by atoms with Crippen molar-refractivity contribution in [3.05, 3.63) is 28.2 Å².